The van der Waals surface area contributed by atoms with Crippen LogP contribution in [0.25, 0.3) is 0 Å². The molecule has 0 atom stereocenters. The molecular weight excluding hydrogens is 370 g/mol. The Morgan fingerprint density at radius 3 is 2.56 bits per heavy atom. The molecule has 0 saturated heterocycles. The number of fused-ring (bicyclic) bond motifs is 1. The Hall–Kier alpha value is -2.67. The third-order valence-electron chi connectivity index (χ3n) is 4.68. The van der Waals surface area contributed by atoms with Crippen LogP contribution in [0.5, 0.6) is 0 Å². The molecule has 1 heterocycles. The minimum absolute atomic E-state index is 0.0479. The second kappa shape index (κ2) is 8.35. The van der Waals surface area contributed by atoms with Crippen molar-refractivity contribution in [3.05, 3.63) is 66.9 Å². The molecule has 0 aliphatic heterocycles. The van der Waals surface area contributed by atoms with Crippen LogP contribution in [0.15, 0.2) is 33.9 Å². The molecule has 1 aliphatic carbocycles. The van der Waals surface area contributed by atoms with E-state index in [4.69, 9.17) is 11.6 Å². The summed E-state index contributed by atoms with van der Waals surface area (Å²) in [5.74, 6) is -0.557. The molecule has 2 N–H and O–H groups in total. The third kappa shape index (κ3) is 4.54. The molecule has 2 aromatic rings. The van der Waals surface area contributed by atoms with Crippen LogP contribution >= 0.6 is 11.6 Å². The van der Waals surface area contributed by atoms with Crippen molar-refractivity contribution in [1.82, 2.24) is 14.9 Å². The highest BCUT2D eigenvalue weighted by Crippen LogP contribution is 2.16. The molecule has 1 aromatic carbocycles. The fraction of sp³-hybridized carbons (Fsp3) is 0.368. The number of aromatic nitrogens is 2. The zero-order valence-corrected chi connectivity index (χ0v) is 15.5. The first-order valence-corrected chi connectivity index (χ1v) is 9.24. The van der Waals surface area contributed by atoms with E-state index in [0.717, 1.165) is 18.5 Å². The van der Waals surface area contributed by atoms with E-state index in [0.29, 0.717) is 29.0 Å². The van der Waals surface area contributed by atoms with Crippen molar-refractivity contribution < 1.29 is 9.59 Å². The summed E-state index contributed by atoms with van der Waals surface area (Å²) in [7, 11) is 0. The van der Waals surface area contributed by atoms with Crippen LogP contribution in [0.1, 0.15) is 40.9 Å². The van der Waals surface area contributed by atoms with E-state index in [1.807, 2.05) is 0 Å². The summed E-state index contributed by atoms with van der Waals surface area (Å²) in [5.41, 5.74) is 1.000. The summed E-state index contributed by atoms with van der Waals surface area (Å²) < 4.78 is 1.47. The van der Waals surface area contributed by atoms with Crippen LogP contribution in [-0.4, -0.2) is 27.8 Å². The average Bonchev–Trinajstić information content (AvgIpc) is 2.66. The van der Waals surface area contributed by atoms with Gasteiger partial charge in [0, 0.05) is 34.8 Å². The molecule has 0 spiro atoms. The Balaban J connectivity index is 1.60. The fourth-order valence-corrected chi connectivity index (χ4v) is 3.38. The molecular formula is C19H20ClN3O4. The number of ketones is 1. The molecule has 1 amide bonds. The van der Waals surface area contributed by atoms with Gasteiger partial charge in [0.15, 0.2) is 5.78 Å². The lowest BCUT2D eigenvalue weighted by Crippen LogP contribution is -2.38. The van der Waals surface area contributed by atoms with Crippen LogP contribution in [0.4, 0.5) is 0 Å². The number of Topliss-reactive ketones (excluding diaryl/α,β-unsaturated/α-hetero) is 1. The molecule has 0 unspecified atom stereocenters. The van der Waals surface area contributed by atoms with E-state index in [-0.39, 0.29) is 36.8 Å². The highest BCUT2D eigenvalue weighted by atomic mass is 35.5. The maximum Gasteiger partial charge on any atom is 0.328 e. The van der Waals surface area contributed by atoms with Crippen molar-refractivity contribution in [3.63, 3.8) is 0 Å². The van der Waals surface area contributed by atoms with Crippen LogP contribution in [0, 0.1) is 0 Å². The Morgan fingerprint density at radius 1 is 1.11 bits per heavy atom. The van der Waals surface area contributed by atoms with Gasteiger partial charge in [-0.25, -0.2) is 4.79 Å². The van der Waals surface area contributed by atoms with Gasteiger partial charge < -0.3 is 5.32 Å². The molecule has 8 heteroatoms. The van der Waals surface area contributed by atoms with Gasteiger partial charge in [-0.05, 0) is 49.9 Å². The van der Waals surface area contributed by atoms with Gasteiger partial charge >= 0.3 is 5.69 Å². The first-order chi connectivity index (χ1) is 13.0. The molecule has 0 bridgehead atoms. The smallest absolute Gasteiger partial charge is 0.328 e. The Labute approximate surface area is 160 Å². The van der Waals surface area contributed by atoms with Crippen LogP contribution in [0.2, 0.25) is 5.02 Å². The average molecular weight is 390 g/mol. The summed E-state index contributed by atoms with van der Waals surface area (Å²) >= 11 is 5.79. The Morgan fingerprint density at radius 2 is 1.81 bits per heavy atom. The number of halogens is 1. The van der Waals surface area contributed by atoms with Crippen LogP contribution < -0.4 is 16.6 Å². The summed E-state index contributed by atoms with van der Waals surface area (Å²) in [4.78, 5) is 50.5. The molecule has 142 valence electrons. The second-order valence-corrected chi connectivity index (χ2v) is 6.94. The van der Waals surface area contributed by atoms with Crippen molar-refractivity contribution in [2.45, 2.75) is 38.6 Å². The van der Waals surface area contributed by atoms with Gasteiger partial charge in [0.25, 0.3) is 5.56 Å². The lowest BCUT2D eigenvalue weighted by Gasteiger charge is -2.19. The van der Waals surface area contributed by atoms with Crippen molar-refractivity contribution in [3.8, 4) is 0 Å². The van der Waals surface area contributed by atoms with Crippen molar-refractivity contribution in [1.29, 1.82) is 0 Å². The quantitative estimate of drug-likeness (QED) is 0.730. The number of benzene rings is 1. The molecule has 3 rings (SSSR count). The maximum atomic E-state index is 12.1. The van der Waals surface area contributed by atoms with Gasteiger partial charge in [-0.2, -0.15) is 0 Å². The van der Waals surface area contributed by atoms with Gasteiger partial charge in [-0.15, -0.1) is 0 Å². The number of aromatic amines is 1. The minimum atomic E-state index is -0.495. The lowest BCUT2D eigenvalue weighted by molar-refractivity contribution is -0.121. The summed E-state index contributed by atoms with van der Waals surface area (Å²) in [6.07, 6.45) is 3.18. The Kier molecular flexibility index (Phi) is 5.91. The molecule has 27 heavy (non-hydrogen) atoms. The van der Waals surface area contributed by atoms with E-state index >= 15 is 0 Å². The normalized spacial score (nSPS) is 13.1. The number of carbonyl (C=O) groups is 2. The van der Waals surface area contributed by atoms with Crippen LogP contribution in [-0.2, 0) is 24.2 Å². The Bertz CT molecular complexity index is 976. The predicted molar refractivity (Wildman–Crippen MR) is 101 cm³/mol. The van der Waals surface area contributed by atoms with Crippen molar-refractivity contribution >= 4 is 23.3 Å². The summed E-state index contributed by atoms with van der Waals surface area (Å²) in [6.45, 7) is 0.0397. The van der Waals surface area contributed by atoms with Crippen molar-refractivity contribution in [2.75, 3.05) is 6.54 Å². The predicted octanol–water partition coefficient (Wildman–Crippen LogP) is 1.46. The van der Waals surface area contributed by atoms with Gasteiger partial charge in [0.2, 0.25) is 5.91 Å². The van der Waals surface area contributed by atoms with Crippen molar-refractivity contribution in [2.24, 2.45) is 0 Å². The summed E-state index contributed by atoms with van der Waals surface area (Å²) in [5, 5.41) is 3.10. The monoisotopic (exact) mass is 389 g/mol. The van der Waals surface area contributed by atoms with Gasteiger partial charge in [0.1, 0.15) is 0 Å². The highest BCUT2D eigenvalue weighted by Gasteiger charge is 2.18. The first kappa shape index (κ1) is 19.1. The van der Waals surface area contributed by atoms with Gasteiger partial charge in [-0.1, -0.05) is 11.6 Å². The summed E-state index contributed by atoms with van der Waals surface area (Å²) in [6, 6.07) is 6.43. The standard InChI is InChI=1S/C19H20ClN3O4/c20-13-7-5-12(6-8-13)16(24)11-21-17(25)9-10-23-15-4-2-1-3-14(15)18(26)22-19(23)27/h5-8H,1-4,9-11H2,(H,21,25)(H,22,26,27). The molecule has 0 radical (unpaired) electrons. The number of rotatable bonds is 6. The zero-order valence-electron chi connectivity index (χ0n) is 14.7. The zero-order chi connectivity index (χ0) is 19.4. The molecule has 7 nitrogen and oxygen atoms in total. The number of amides is 1. The highest BCUT2D eigenvalue weighted by molar-refractivity contribution is 6.30. The molecule has 1 aliphatic rings. The lowest BCUT2D eigenvalue weighted by atomic mass is 9.97. The van der Waals surface area contributed by atoms with Gasteiger partial charge in [0.05, 0.1) is 6.54 Å². The second-order valence-electron chi connectivity index (χ2n) is 6.50. The number of nitrogens with one attached hydrogen (secondary N) is 2. The van der Waals surface area contributed by atoms with E-state index in [9.17, 15) is 19.2 Å². The molecule has 1 aromatic heterocycles. The first-order valence-electron chi connectivity index (χ1n) is 8.86. The number of nitrogens with zero attached hydrogens (tertiary/aromatic N) is 1. The number of H-pyrrole nitrogens is 1. The van der Waals surface area contributed by atoms with Crippen LogP contribution in [0.3, 0.4) is 0 Å². The third-order valence-corrected chi connectivity index (χ3v) is 4.93. The maximum absolute atomic E-state index is 12.1. The number of hydrogen-bond acceptors (Lipinski definition) is 4. The number of carbonyl (C=O) groups excluding carboxylic acids is 2. The SMILES string of the molecule is O=C(CCn1c2c(c(=O)[nH]c1=O)CCCC2)NCC(=O)c1ccc(Cl)cc1. The van der Waals surface area contributed by atoms with E-state index in [1.54, 1.807) is 24.3 Å². The van der Waals surface area contributed by atoms with Gasteiger partial charge in [-0.3, -0.25) is 23.9 Å². The molecule has 0 saturated carbocycles. The minimum Gasteiger partial charge on any atom is -0.349 e. The number of hydrogen-bond donors (Lipinski definition) is 2. The van der Waals surface area contributed by atoms with E-state index in [2.05, 4.69) is 10.3 Å². The van der Waals surface area contributed by atoms with E-state index < -0.39 is 5.69 Å². The topological polar surface area (TPSA) is 101 Å². The molecule has 0 fully saturated rings. The fourth-order valence-electron chi connectivity index (χ4n) is 3.25. The van der Waals surface area contributed by atoms with E-state index in [1.165, 1.54) is 4.57 Å². The largest absolute Gasteiger partial charge is 0.349 e.